The third-order valence-electron chi connectivity index (χ3n) is 2.59. The van der Waals surface area contributed by atoms with E-state index in [0.29, 0.717) is 0 Å². The molecule has 2 unspecified atom stereocenters. The van der Waals surface area contributed by atoms with Gasteiger partial charge in [0.25, 0.3) is 0 Å². The van der Waals surface area contributed by atoms with E-state index in [1.807, 2.05) is 22.9 Å². The largest absolute Gasteiger partial charge is 0.462 e. The summed E-state index contributed by atoms with van der Waals surface area (Å²) >= 11 is 6.62. The lowest BCUT2D eigenvalue weighted by Crippen LogP contribution is -1.85. The fraction of sp³-hybridized carbons (Fsp3) is 0.333. The van der Waals surface area contributed by atoms with Crippen molar-refractivity contribution in [2.24, 2.45) is 0 Å². The predicted octanol–water partition coefficient (Wildman–Crippen LogP) is 3.90. The molecule has 0 bridgehead atoms. The van der Waals surface area contributed by atoms with Crippen LogP contribution in [0.4, 0.5) is 0 Å². The molecule has 102 valence electrons. The predicted molar refractivity (Wildman–Crippen MR) is 84.9 cm³/mol. The summed E-state index contributed by atoms with van der Waals surface area (Å²) in [5.41, 5.74) is 0. The van der Waals surface area contributed by atoms with E-state index in [9.17, 15) is 0 Å². The maximum absolute atomic E-state index is 9.09. The highest BCUT2D eigenvalue weighted by atomic mass is 32.2. The van der Waals surface area contributed by atoms with Gasteiger partial charge in [-0.1, -0.05) is 0 Å². The van der Waals surface area contributed by atoms with Crippen LogP contribution in [0.3, 0.4) is 0 Å². The van der Waals surface area contributed by atoms with Crippen molar-refractivity contribution in [2.75, 3.05) is 13.2 Å². The maximum Gasteiger partial charge on any atom is 0.127 e. The van der Waals surface area contributed by atoms with Crippen molar-refractivity contribution in [1.82, 2.24) is 0 Å². The molecule has 2 aliphatic heterocycles. The number of thioether (sulfide) groups is 4. The number of hydrogen-bond acceptors (Lipinski definition) is 7. The van der Waals surface area contributed by atoms with Crippen LogP contribution in [-0.4, -0.2) is 23.4 Å². The summed E-state index contributed by atoms with van der Waals surface area (Å²) in [6, 6.07) is 4.01. The Hall–Kier alpha value is 0.0800. The van der Waals surface area contributed by atoms with Gasteiger partial charge in [-0.2, -0.15) is 0 Å². The smallest absolute Gasteiger partial charge is 0.127 e. The Morgan fingerprint density at radius 3 is 1.74 bits per heavy atom. The van der Waals surface area contributed by atoms with E-state index in [4.69, 9.17) is 14.6 Å². The lowest BCUT2D eigenvalue weighted by molar-refractivity contribution is 0.339. The lowest BCUT2D eigenvalue weighted by atomic mass is 10.4. The zero-order valence-corrected chi connectivity index (χ0v) is 13.1. The summed E-state index contributed by atoms with van der Waals surface area (Å²) < 4.78 is 6.34. The SMILES string of the molecule is OCC1=CSC(c2ccc(C3SC=C(CO)S3)o2)S1. The normalized spacial score (nSPS) is 26.6. The van der Waals surface area contributed by atoms with Crippen molar-refractivity contribution in [1.29, 1.82) is 0 Å². The monoisotopic (exact) mass is 332 g/mol. The van der Waals surface area contributed by atoms with E-state index < -0.39 is 0 Å². The minimum atomic E-state index is 0.0971. The first kappa shape index (κ1) is 14.0. The molecule has 19 heavy (non-hydrogen) atoms. The Morgan fingerprint density at radius 1 is 0.895 bits per heavy atom. The van der Waals surface area contributed by atoms with Gasteiger partial charge >= 0.3 is 0 Å². The van der Waals surface area contributed by atoms with Crippen LogP contribution in [-0.2, 0) is 0 Å². The van der Waals surface area contributed by atoms with Crippen molar-refractivity contribution < 1.29 is 14.6 Å². The van der Waals surface area contributed by atoms with Crippen LogP contribution < -0.4 is 0 Å². The molecular weight excluding hydrogens is 320 g/mol. The minimum absolute atomic E-state index is 0.0971. The van der Waals surface area contributed by atoms with Crippen LogP contribution in [0, 0.1) is 0 Å². The summed E-state index contributed by atoms with van der Waals surface area (Å²) in [5.74, 6) is 1.87. The molecule has 1 aromatic rings. The van der Waals surface area contributed by atoms with Gasteiger partial charge in [0.1, 0.15) is 20.7 Å². The molecule has 2 aliphatic rings. The van der Waals surface area contributed by atoms with E-state index in [-0.39, 0.29) is 22.4 Å². The molecular formula is C12H12O3S4. The van der Waals surface area contributed by atoms with E-state index >= 15 is 0 Å². The third-order valence-corrected chi connectivity index (χ3v) is 7.92. The molecule has 0 fully saturated rings. The van der Waals surface area contributed by atoms with Gasteiger partial charge in [0.15, 0.2) is 0 Å². The van der Waals surface area contributed by atoms with Crippen molar-refractivity contribution in [2.45, 2.75) is 9.16 Å². The Labute approximate surface area is 128 Å². The second kappa shape index (κ2) is 6.24. The van der Waals surface area contributed by atoms with Gasteiger partial charge in [-0.05, 0) is 22.9 Å². The molecule has 2 atom stereocenters. The van der Waals surface area contributed by atoms with Gasteiger partial charge in [0.05, 0.1) is 13.2 Å². The van der Waals surface area contributed by atoms with E-state index in [2.05, 4.69) is 0 Å². The van der Waals surface area contributed by atoms with Gasteiger partial charge in [0.2, 0.25) is 0 Å². The number of aliphatic hydroxyl groups is 2. The molecule has 1 aromatic heterocycles. The summed E-state index contributed by atoms with van der Waals surface area (Å²) in [6.45, 7) is 0.194. The molecule has 3 heterocycles. The maximum atomic E-state index is 9.09. The lowest BCUT2D eigenvalue weighted by Gasteiger charge is -2.07. The van der Waals surface area contributed by atoms with Crippen molar-refractivity contribution in [3.8, 4) is 0 Å². The van der Waals surface area contributed by atoms with Gasteiger partial charge in [0, 0.05) is 9.81 Å². The van der Waals surface area contributed by atoms with E-state index in [1.54, 1.807) is 47.0 Å². The van der Waals surface area contributed by atoms with Crippen LogP contribution in [0.2, 0.25) is 0 Å². The van der Waals surface area contributed by atoms with Gasteiger partial charge in [-0.25, -0.2) is 0 Å². The number of aliphatic hydroxyl groups excluding tert-OH is 2. The molecule has 0 aliphatic carbocycles. The van der Waals surface area contributed by atoms with Crippen LogP contribution >= 0.6 is 47.0 Å². The number of rotatable bonds is 4. The average molecular weight is 332 g/mol. The van der Waals surface area contributed by atoms with Crippen LogP contribution in [0.25, 0.3) is 0 Å². The second-order valence-corrected chi connectivity index (χ2v) is 8.91. The van der Waals surface area contributed by atoms with Crippen molar-refractivity contribution >= 4 is 47.0 Å². The molecule has 0 spiro atoms. The summed E-state index contributed by atoms with van der Waals surface area (Å²) in [5, 5.41) is 22.2. The van der Waals surface area contributed by atoms with Crippen molar-refractivity contribution in [3.05, 3.63) is 44.3 Å². The topological polar surface area (TPSA) is 53.6 Å². The molecule has 0 saturated carbocycles. The highest BCUT2D eigenvalue weighted by Crippen LogP contribution is 2.54. The van der Waals surface area contributed by atoms with Gasteiger partial charge in [-0.3, -0.25) is 0 Å². The summed E-state index contributed by atoms with van der Waals surface area (Å²) in [6.07, 6.45) is 0. The van der Waals surface area contributed by atoms with Crippen LogP contribution in [0.1, 0.15) is 20.7 Å². The van der Waals surface area contributed by atoms with Crippen LogP contribution in [0.15, 0.2) is 37.2 Å². The highest BCUT2D eigenvalue weighted by Gasteiger charge is 2.27. The standard InChI is InChI=1S/C12H12O3S4/c13-3-7-5-16-11(18-7)9-1-2-10(15-9)12-17-6-8(4-14)19-12/h1-2,5-6,11-14H,3-4H2. The zero-order chi connectivity index (χ0) is 13.2. The second-order valence-electron chi connectivity index (χ2n) is 3.90. The fourth-order valence-corrected chi connectivity index (χ4v) is 6.39. The van der Waals surface area contributed by atoms with E-state index in [0.717, 1.165) is 21.3 Å². The number of hydrogen-bond donors (Lipinski definition) is 2. The molecule has 3 rings (SSSR count). The quantitative estimate of drug-likeness (QED) is 0.867. The third kappa shape index (κ3) is 3.06. The summed E-state index contributed by atoms with van der Waals surface area (Å²) in [7, 11) is 0. The van der Waals surface area contributed by atoms with Gasteiger partial charge in [-0.15, -0.1) is 47.0 Å². The molecule has 2 N–H and O–H groups in total. The molecule has 0 saturated heterocycles. The first-order chi connectivity index (χ1) is 9.30. The Morgan fingerprint density at radius 2 is 1.37 bits per heavy atom. The van der Waals surface area contributed by atoms with Crippen LogP contribution in [0.5, 0.6) is 0 Å². The van der Waals surface area contributed by atoms with E-state index in [1.165, 1.54) is 0 Å². The minimum Gasteiger partial charge on any atom is -0.462 e. The Kier molecular flexibility index (Phi) is 4.61. The Balaban J connectivity index is 1.65. The molecule has 3 nitrogen and oxygen atoms in total. The van der Waals surface area contributed by atoms with Crippen molar-refractivity contribution in [3.63, 3.8) is 0 Å². The van der Waals surface area contributed by atoms with Gasteiger partial charge < -0.3 is 14.6 Å². The average Bonchev–Trinajstić information content (AvgIpc) is 3.16. The molecule has 0 amide bonds. The number of furan rings is 1. The molecule has 0 radical (unpaired) electrons. The fourth-order valence-electron chi connectivity index (χ4n) is 1.68. The Bertz CT molecular complexity index is 478. The molecule has 0 aromatic carbocycles. The molecule has 7 heteroatoms. The summed E-state index contributed by atoms with van der Waals surface area (Å²) in [4.78, 5) is 1.98. The first-order valence-corrected chi connectivity index (χ1v) is 9.28. The first-order valence-electron chi connectivity index (χ1n) is 5.64. The zero-order valence-electron chi connectivity index (χ0n) is 9.81. The highest BCUT2D eigenvalue weighted by molar-refractivity contribution is 8.22.